The number of ether oxygens (including phenoxy) is 1. The number of hydrogen-bond donors (Lipinski definition) is 0. The Morgan fingerprint density at radius 2 is 1.54 bits per heavy atom. The van der Waals surface area contributed by atoms with Crippen LogP contribution in [-0.2, 0) is 4.79 Å². The Kier molecular flexibility index (Phi) is 5.89. The number of rotatable bonds is 4. The van der Waals surface area contributed by atoms with Crippen LogP contribution in [0.25, 0.3) is 0 Å². The van der Waals surface area contributed by atoms with Crippen molar-refractivity contribution in [2.75, 3.05) is 32.8 Å². The Balaban J connectivity index is 1.55. The molecule has 0 N–H and O–H groups in total. The van der Waals surface area contributed by atoms with E-state index in [9.17, 15) is 9.59 Å². The third-order valence-corrected chi connectivity index (χ3v) is 4.62. The van der Waals surface area contributed by atoms with Crippen LogP contribution in [0.2, 0.25) is 0 Å². The van der Waals surface area contributed by atoms with Gasteiger partial charge in [-0.3, -0.25) is 9.59 Å². The van der Waals surface area contributed by atoms with Crippen LogP contribution in [0.15, 0.2) is 54.6 Å². The van der Waals surface area contributed by atoms with Gasteiger partial charge in [-0.2, -0.15) is 0 Å². The van der Waals surface area contributed by atoms with E-state index in [0.717, 1.165) is 17.5 Å². The van der Waals surface area contributed by atoms with Gasteiger partial charge in [-0.1, -0.05) is 36.4 Å². The minimum absolute atomic E-state index is 0.0236. The predicted molar refractivity (Wildman–Crippen MR) is 100 cm³/mol. The van der Waals surface area contributed by atoms with E-state index in [1.165, 1.54) is 0 Å². The van der Waals surface area contributed by atoms with Crippen molar-refractivity contribution in [2.45, 2.75) is 13.3 Å². The SMILES string of the molecule is Cc1ccccc1C(=O)N1CCCN(C(=O)COc2ccccc2)CC1. The van der Waals surface area contributed by atoms with Gasteiger partial charge in [0.2, 0.25) is 0 Å². The molecule has 1 heterocycles. The number of carbonyl (C=O) groups excluding carboxylic acids is 2. The Morgan fingerprint density at radius 1 is 0.885 bits per heavy atom. The number of nitrogens with zero attached hydrogens (tertiary/aromatic N) is 2. The maximum absolute atomic E-state index is 12.8. The minimum Gasteiger partial charge on any atom is -0.484 e. The quantitative estimate of drug-likeness (QED) is 0.850. The van der Waals surface area contributed by atoms with Gasteiger partial charge in [0.05, 0.1) is 0 Å². The molecule has 3 rings (SSSR count). The highest BCUT2D eigenvalue weighted by molar-refractivity contribution is 5.95. The van der Waals surface area contributed by atoms with Gasteiger partial charge in [-0.05, 0) is 37.1 Å². The van der Waals surface area contributed by atoms with Crippen molar-refractivity contribution in [2.24, 2.45) is 0 Å². The van der Waals surface area contributed by atoms with E-state index < -0.39 is 0 Å². The summed E-state index contributed by atoms with van der Waals surface area (Å²) < 4.78 is 5.55. The van der Waals surface area contributed by atoms with Crippen LogP contribution in [0.3, 0.4) is 0 Å². The Labute approximate surface area is 154 Å². The van der Waals surface area contributed by atoms with E-state index >= 15 is 0 Å². The van der Waals surface area contributed by atoms with Crippen LogP contribution in [0.5, 0.6) is 5.75 Å². The zero-order valence-electron chi connectivity index (χ0n) is 15.1. The zero-order chi connectivity index (χ0) is 18.4. The lowest BCUT2D eigenvalue weighted by Gasteiger charge is -2.23. The molecule has 0 unspecified atom stereocenters. The number of amides is 2. The average Bonchev–Trinajstić information content (AvgIpc) is 2.93. The molecule has 26 heavy (non-hydrogen) atoms. The first-order valence-electron chi connectivity index (χ1n) is 8.95. The Morgan fingerprint density at radius 3 is 2.31 bits per heavy atom. The molecule has 2 amide bonds. The molecule has 2 aromatic carbocycles. The van der Waals surface area contributed by atoms with E-state index in [1.807, 2.05) is 66.4 Å². The van der Waals surface area contributed by atoms with E-state index in [-0.39, 0.29) is 18.4 Å². The lowest BCUT2D eigenvalue weighted by molar-refractivity contribution is -0.133. The predicted octanol–water partition coefficient (Wildman–Crippen LogP) is 2.75. The largest absolute Gasteiger partial charge is 0.484 e. The summed E-state index contributed by atoms with van der Waals surface area (Å²) >= 11 is 0. The summed E-state index contributed by atoms with van der Waals surface area (Å²) in [5.41, 5.74) is 1.71. The fraction of sp³-hybridized carbons (Fsp3) is 0.333. The summed E-state index contributed by atoms with van der Waals surface area (Å²) in [6.45, 7) is 4.36. The van der Waals surface area contributed by atoms with Gasteiger partial charge >= 0.3 is 0 Å². The molecule has 0 bridgehead atoms. The molecule has 1 aliphatic heterocycles. The van der Waals surface area contributed by atoms with Crippen LogP contribution in [0.1, 0.15) is 22.3 Å². The topological polar surface area (TPSA) is 49.9 Å². The molecule has 0 atom stereocenters. The molecule has 0 saturated carbocycles. The van der Waals surface area contributed by atoms with Crippen molar-refractivity contribution in [3.8, 4) is 5.75 Å². The number of carbonyl (C=O) groups is 2. The van der Waals surface area contributed by atoms with Gasteiger partial charge in [0, 0.05) is 31.7 Å². The number of aryl methyl sites for hydroxylation is 1. The van der Waals surface area contributed by atoms with Crippen LogP contribution in [-0.4, -0.2) is 54.4 Å². The van der Waals surface area contributed by atoms with Crippen LogP contribution >= 0.6 is 0 Å². The number of para-hydroxylation sites is 1. The molecule has 1 aliphatic rings. The molecule has 136 valence electrons. The molecular weight excluding hydrogens is 328 g/mol. The summed E-state index contributed by atoms with van der Waals surface area (Å²) in [5, 5.41) is 0. The van der Waals surface area contributed by atoms with E-state index in [1.54, 1.807) is 4.90 Å². The van der Waals surface area contributed by atoms with E-state index in [4.69, 9.17) is 4.74 Å². The molecule has 0 spiro atoms. The summed E-state index contributed by atoms with van der Waals surface area (Å²) in [5.74, 6) is 0.684. The van der Waals surface area contributed by atoms with Crippen molar-refractivity contribution in [1.29, 1.82) is 0 Å². The summed E-state index contributed by atoms with van der Waals surface area (Å²) in [6, 6.07) is 16.9. The number of hydrogen-bond acceptors (Lipinski definition) is 3. The number of benzene rings is 2. The highest BCUT2D eigenvalue weighted by Crippen LogP contribution is 2.14. The summed E-state index contributed by atoms with van der Waals surface area (Å²) in [4.78, 5) is 28.8. The van der Waals surface area contributed by atoms with Gasteiger partial charge in [0.25, 0.3) is 11.8 Å². The lowest BCUT2D eigenvalue weighted by atomic mass is 10.1. The molecular formula is C21H24N2O3. The monoisotopic (exact) mass is 352 g/mol. The van der Waals surface area contributed by atoms with Crippen molar-refractivity contribution in [3.63, 3.8) is 0 Å². The van der Waals surface area contributed by atoms with Gasteiger partial charge in [0.1, 0.15) is 5.75 Å². The molecule has 1 saturated heterocycles. The minimum atomic E-state index is -0.0426. The van der Waals surface area contributed by atoms with Gasteiger partial charge < -0.3 is 14.5 Å². The summed E-state index contributed by atoms with van der Waals surface area (Å²) in [6.07, 6.45) is 0.773. The van der Waals surface area contributed by atoms with E-state index in [0.29, 0.717) is 31.9 Å². The third-order valence-electron chi connectivity index (χ3n) is 4.62. The maximum atomic E-state index is 12.8. The average molecular weight is 352 g/mol. The molecule has 5 heteroatoms. The van der Waals surface area contributed by atoms with Crippen LogP contribution < -0.4 is 4.74 Å². The van der Waals surface area contributed by atoms with Gasteiger partial charge in [-0.25, -0.2) is 0 Å². The molecule has 0 aromatic heterocycles. The first-order chi connectivity index (χ1) is 12.6. The van der Waals surface area contributed by atoms with E-state index in [2.05, 4.69) is 0 Å². The van der Waals surface area contributed by atoms with Crippen molar-refractivity contribution >= 4 is 11.8 Å². The molecule has 5 nitrogen and oxygen atoms in total. The van der Waals surface area contributed by atoms with Crippen LogP contribution in [0.4, 0.5) is 0 Å². The third kappa shape index (κ3) is 4.42. The highest BCUT2D eigenvalue weighted by Gasteiger charge is 2.23. The maximum Gasteiger partial charge on any atom is 0.260 e. The normalized spacial score (nSPS) is 14.7. The molecule has 0 radical (unpaired) electrons. The fourth-order valence-electron chi connectivity index (χ4n) is 3.11. The second kappa shape index (κ2) is 8.52. The Hall–Kier alpha value is -2.82. The molecule has 2 aromatic rings. The second-order valence-electron chi connectivity index (χ2n) is 6.44. The first kappa shape index (κ1) is 18.0. The lowest BCUT2D eigenvalue weighted by Crippen LogP contribution is -2.39. The van der Waals surface area contributed by atoms with Crippen LogP contribution in [0, 0.1) is 6.92 Å². The highest BCUT2D eigenvalue weighted by atomic mass is 16.5. The van der Waals surface area contributed by atoms with Crippen molar-refractivity contribution in [1.82, 2.24) is 9.80 Å². The van der Waals surface area contributed by atoms with Crippen molar-refractivity contribution < 1.29 is 14.3 Å². The summed E-state index contributed by atoms with van der Waals surface area (Å²) in [7, 11) is 0. The first-order valence-corrected chi connectivity index (χ1v) is 8.95. The molecule has 1 fully saturated rings. The van der Waals surface area contributed by atoms with Gasteiger partial charge in [-0.15, -0.1) is 0 Å². The standard InChI is InChI=1S/C21H24N2O3/c1-17-8-5-6-11-19(17)21(25)23-13-7-12-22(14-15-23)20(24)16-26-18-9-3-2-4-10-18/h2-6,8-11H,7,12-16H2,1H3. The second-order valence-corrected chi connectivity index (χ2v) is 6.44. The zero-order valence-corrected chi connectivity index (χ0v) is 15.1. The van der Waals surface area contributed by atoms with Crippen molar-refractivity contribution in [3.05, 3.63) is 65.7 Å². The molecule has 0 aliphatic carbocycles. The Bertz CT molecular complexity index is 761. The smallest absolute Gasteiger partial charge is 0.260 e. The van der Waals surface area contributed by atoms with Gasteiger partial charge in [0.15, 0.2) is 6.61 Å². The fourth-order valence-corrected chi connectivity index (χ4v) is 3.11.